The average molecular weight is 318 g/mol. The number of likely N-dealkylation sites (N-methyl/N-ethyl adjacent to an activating group) is 1. The molecule has 0 aliphatic carbocycles. The summed E-state index contributed by atoms with van der Waals surface area (Å²) >= 11 is 0. The highest BCUT2D eigenvalue weighted by Gasteiger charge is 2.11. The van der Waals surface area contributed by atoms with Crippen LogP contribution in [0.15, 0.2) is 0 Å². The monoisotopic (exact) mass is 318 g/mol. The molecule has 0 radical (unpaired) electrons. The second-order valence-electron chi connectivity index (χ2n) is 5.50. The molecule has 0 spiro atoms. The molecule has 6 heteroatoms. The van der Waals surface area contributed by atoms with Crippen molar-refractivity contribution < 1.29 is 19.0 Å². The Morgan fingerprint density at radius 2 is 1.50 bits per heavy atom. The zero-order valence-corrected chi connectivity index (χ0v) is 14.7. The molecule has 132 valence electrons. The van der Waals surface area contributed by atoms with Crippen molar-refractivity contribution in [3.05, 3.63) is 0 Å². The number of carbonyl (C=O) groups excluding carboxylic acids is 1. The summed E-state index contributed by atoms with van der Waals surface area (Å²) in [4.78, 5) is 13.3. The molecule has 6 nitrogen and oxygen atoms in total. The minimum absolute atomic E-state index is 0.0329. The van der Waals surface area contributed by atoms with Gasteiger partial charge in [-0.1, -0.05) is 20.8 Å². The smallest absolute Gasteiger partial charge is 0.224 e. The molecule has 0 aromatic heterocycles. The fourth-order valence-corrected chi connectivity index (χ4v) is 1.74. The lowest BCUT2D eigenvalue weighted by Gasteiger charge is -2.19. The molecule has 0 aromatic rings. The van der Waals surface area contributed by atoms with Crippen molar-refractivity contribution in [2.24, 2.45) is 5.92 Å². The van der Waals surface area contributed by atoms with Gasteiger partial charge >= 0.3 is 0 Å². The average Bonchev–Trinajstić information content (AvgIpc) is 2.50. The number of nitrogens with one attached hydrogen (secondary N) is 1. The van der Waals surface area contributed by atoms with Gasteiger partial charge in [-0.25, -0.2) is 0 Å². The number of hydrogen-bond donors (Lipinski definition) is 1. The van der Waals surface area contributed by atoms with Crippen LogP contribution in [0.4, 0.5) is 0 Å². The fourth-order valence-electron chi connectivity index (χ4n) is 1.74. The van der Waals surface area contributed by atoms with E-state index < -0.39 is 0 Å². The van der Waals surface area contributed by atoms with E-state index in [0.717, 1.165) is 26.1 Å². The summed E-state index contributed by atoms with van der Waals surface area (Å²) in [5.74, 6) is 0.177. The van der Waals surface area contributed by atoms with Crippen LogP contribution in [0.25, 0.3) is 0 Å². The summed E-state index contributed by atoms with van der Waals surface area (Å²) < 4.78 is 16.3. The van der Waals surface area contributed by atoms with E-state index in [0.29, 0.717) is 39.6 Å². The third-order valence-electron chi connectivity index (χ3n) is 3.04. The first kappa shape index (κ1) is 21.3. The van der Waals surface area contributed by atoms with E-state index in [9.17, 15) is 4.79 Å². The van der Waals surface area contributed by atoms with E-state index in [-0.39, 0.29) is 11.8 Å². The van der Waals surface area contributed by atoms with Crippen LogP contribution < -0.4 is 5.32 Å². The first-order valence-corrected chi connectivity index (χ1v) is 8.28. The van der Waals surface area contributed by atoms with Gasteiger partial charge in [0.1, 0.15) is 0 Å². The highest BCUT2D eigenvalue weighted by atomic mass is 16.5. The quantitative estimate of drug-likeness (QED) is 0.459. The van der Waals surface area contributed by atoms with Crippen molar-refractivity contribution in [3.63, 3.8) is 0 Å². The van der Waals surface area contributed by atoms with Gasteiger partial charge in [-0.2, -0.15) is 0 Å². The third-order valence-corrected chi connectivity index (χ3v) is 3.04. The largest absolute Gasteiger partial charge is 0.378 e. The third kappa shape index (κ3) is 13.0. The number of nitrogens with zero attached hydrogens (tertiary/aromatic N) is 1. The van der Waals surface area contributed by atoms with Crippen LogP contribution in [-0.2, 0) is 19.0 Å². The predicted molar refractivity (Wildman–Crippen MR) is 88.1 cm³/mol. The first-order chi connectivity index (χ1) is 10.6. The maximum absolute atomic E-state index is 11.6. The molecular weight excluding hydrogens is 284 g/mol. The zero-order chi connectivity index (χ0) is 16.6. The van der Waals surface area contributed by atoms with Gasteiger partial charge in [-0.3, -0.25) is 4.79 Å². The Labute approximate surface area is 135 Å². The van der Waals surface area contributed by atoms with Gasteiger partial charge in [-0.05, 0) is 13.0 Å². The summed E-state index contributed by atoms with van der Waals surface area (Å²) in [6, 6.07) is 0. The molecule has 0 bridgehead atoms. The van der Waals surface area contributed by atoms with Gasteiger partial charge in [0.05, 0.1) is 39.6 Å². The van der Waals surface area contributed by atoms with Gasteiger partial charge in [0.25, 0.3) is 0 Å². The lowest BCUT2D eigenvalue weighted by atomic mass is 10.2. The Bertz CT molecular complexity index is 263. The summed E-state index contributed by atoms with van der Waals surface area (Å²) in [7, 11) is 1.80. The first-order valence-electron chi connectivity index (χ1n) is 8.28. The van der Waals surface area contributed by atoms with Gasteiger partial charge in [0, 0.05) is 26.1 Å². The Morgan fingerprint density at radius 3 is 2.05 bits per heavy atom. The minimum Gasteiger partial charge on any atom is -0.378 e. The molecule has 0 fully saturated rings. The van der Waals surface area contributed by atoms with Gasteiger partial charge in [-0.15, -0.1) is 0 Å². The second-order valence-corrected chi connectivity index (χ2v) is 5.50. The summed E-state index contributed by atoms with van der Waals surface area (Å²) in [6.45, 7) is 12.0. The number of hydrogen-bond acceptors (Lipinski definition) is 5. The lowest BCUT2D eigenvalue weighted by molar-refractivity contribution is -0.133. The summed E-state index contributed by atoms with van der Waals surface area (Å²) in [5.41, 5.74) is 0. The standard InChI is InChI=1S/C16H34N2O4/c1-5-6-17-7-9-20-11-13-22-14-12-21-10-8-18(4)16(19)15(2)3/h15,17H,5-14H2,1-4H3. The van der Waals surface area contributed by atoms with Crippen LogP contribution in [-0.4, -0.2) is 77.1 Å². The van der Waals surface area contributed by atoms with E-state index in [1.807, 2.05) is 13.8 Å². The van der Waals surface area contributed by atoms with Gasteiger partial charge < -0.3 is 24.4 Å². The molecule has 0 saturated heterocycles. The molecule has 0 atom stereocenters. The van der Waals surface area contributed by atoms with Gasteiger partial charge in [0.2, 0.25) is 5.91 Å². The van der Waals surface area contributed by atoms with Crippen LogP contribution in [0.1, 0.15) is 27.2 Å². The van der Waals surface area contributed by atoms with Crippen LogP contribution >= 0.6 is 0 Å². The molecule has 0 aromatic carbocycles. The Morgan fingerprint density at radius 1 is 0.955 bits per heavy atom. The van der Waals surface area contributed by atoms with Crippen molar-refractivity contribution in [2.45, 2.75) is 27.2 Å². The van der Waals surface area contributed by atoms with Crippen LogP contribution in [0.3, 0.4) is 0 Å². The SMILES string of the molecule is CCCNCCOCCOCCOCCN(C)C(=O)C(C)C. The summed E-state index contributed by atoms with van der Waals surface area (Å²) in [6.07, 6.45) is 1.14. The molecule has 1 amide bonds. The molecular formula is C16H34N2O4. The van der Waals surface area contributed by atoms with Crippen molar-refractivity contribution in [3.8, 4) is 0 Å². The van der Waals surface area contributed by atoms with Crippen LogP contribution in [0.2, 0.25) is 0 Å². The number of rotatable bonds is 15. The molecule has 1 N–H and O–H groups in total. The number of amides is 1. The van der Waals surface area contributed by atoms with E-state index in [1.54, 1.807) is 11.9 Å². The topological polar surface area (TPSA) is 60.0 Å². The maximum Gasteiger partial charge on any atom is 0.224 e. The van der Waals surface area contributed by atoms with E-state index in [1.165, 1.54) is 0 Å². The Balaban J connectivity index is 3.19. The number of carbonyl (C=O) groups is 1. The normalized spacial score (nSPS) is 11.1. The van der Waals surface area contributed by atoms with Crippen LogP contribution in [0, 0.1) is 5.92 Å². The highest BCUT2D eigenvalue weighted by molar-refractivity contribution is 5.77. The minimum atomic E-state index is 0.0329. The van der Waals surface area contributed by atoms with E-state index in [4.69, 9.17) is 14.2 Å². The Kier molecular flexibility index (Phi) is 14.7. The lowest BCUT2D eigenvalue weighted by Crippen LogP contribution is -2.33. The molecule has 0 heterocycles. The molecule has 0 unspecified atom stereocenters. The molecule has 0 aliphatic rings. The summed E-state index contributed by atoms with van der Waals surface area (Å²) in [5, 5.41) is 3.27. The fraction of sp³-hybridized carbons (Fsp3) is 0.938. The highest BCUT2D eigenvalue weighted by Crippen LogP contribution is 1.98. The van der Waals surface area contributed by atoms with E-state index >= 15 is 0 Å². The molecule has 0 rings (SSSR count). The van der Waals surface area contributed by atoms with Crippen molar-refractivity contribution >= 4 is 5.91 Å². The van der Waals surface area contributed by atoms with Crippen LogP contribution in [0.5, 0.6) is 0 Å². The molecule has 0 saturated carbocycles. The van der Waals surface area contributed by atoms with E-state index in [2.05, 4.69) is 12.2 Å². The maximum atomic E-state index is 11.6. The van der Waals surface area contributed by atoms with Gasteiger partial charge in [0.15, 0.2) is 0 Å². The number of ether oxygens (including phenoxy) is 3. The molecule has 22 heavy (non-hydrogen) atoms. The van der Waals surface area contributed by atoms with Crippen molar-refractivity contribution in [2.75, 3.05) is 66.3 Å². The predicted octanol–water partition coefficient (Wildman–Crippen LogP) is 1.15. The molecule has 0 aliphatic heterocycles. The zero-order valence-electron chi connectivity index (χ0n) is 14.7. The van der Waals surface area contributed by atoms with Crippen molar-refractivity contribution in [1.29, 1.82) is 0 Å². The Hall–Kier alpha value is -0.690. The van der Waals surface area contributed by atoms with Crippen molar-refractivity contribution in [1.82, 2.24) is 10.2 Å². The second kappa shape index (κ2) is 15.2.